The Balaban J connectivity index is 0.999. The van der Waals surface area contributed by atoms with Crippen LogP contribution in [0.25, 0.3) is 0 Å². The van der Waals surface area contributed by atoms with E-state index in [4.69, 9.17) is 14.5 Å². The molecule has 270 valence electrons. The third-order valence-electron chi connectivity index (χ3n) is 11.0. The minimum Gasteiger partial charge on any atom is -0.497 e. The molecule has 0 saturated carbocycles. The van der Waals surface area contributed by atoms with E-state index < -0.39 is 16.1 Å². The summed E-state index contributed by atoms with van der Waals surface area (Å²) in [5.74, 6) is 1.64. The van der Waals surface area contributed by atoms with E-state index in [1.807, 2.05) is 45.2 Å². The van der Waals surface area contributed by atoms with Gasteiger partial charge in [-0.15, -0.1) is 0 Å². The summed E-state index contributed by atoms with van der Waals surface area (Å²) in [6.45, 7) is 9.98. The number of methoxy groups -OCH3 is 1. The highest BCUT2D eigenvalue weighted by molar-refractivity contribution is 7.93. The van der Waals surface area contributed by atoms with Crippen molar-refractivity contribution >= 4 is 21.7 Å². The number of benzene rings is 3. The molecule has 2 fully saturated rings. The van der Waals surface area contributed by atoms with Crippen molar-refractivity contribution in [1.29, 1.82) is 0 Å². The Kier molecular flexibility index (Phi) is 10.2. The van der Waals surface area contributed by atoms with Crippen LogP contribution in [0.15, 0.2) is 83.9 Å². The van der Waals surface area contributed by atoms with Gasteiger partial charge in [-0.1, -0.05) is 48.5 Å². The Morgan fingerprint density at radius 3 is 2.31 bits per heavy atom. The smallest absolute Gasteiger partial charge is 0.265 e. The first-order chi connectivity index (χ1) is 24.7. The van der Waals surface area contributed by atoms with E-state index in [0.29, 0.717) is 45.7 Å². The van der Waals surface area contributed by atoms with Crippen LogP contribution in [0.4, 0.5) is 11.6 Å². The number of rotatable bonds is 12. The fourth-order valence-corrected chi connectivity index (χ4v) is 10.5. The molecule has 0 N–H and O–H groups in total. The molecule has 0 radical (unpaired) electrons. The number of ether oxygens (including phenoxy) is 2. The number of piperidine rings is 1. The minimum atomic E-state index is -3.91. The van der Waals surface area contributed by atoms with Crippen LogP contribution in [0.2, 0.25) is 0 Å². The van der Waals surface area contributed by atoms with Crippen molar-refractivity contribution in [3.63, 3.8) is 0 Å². The molecule has 1 aromatic heterocycles. The number of hydrogen-bond acceptors (Lipinski definition) is 9. The molecule has 3 aliphatic rings. The summed E-state index contributed by atoms with van der Waals surface area (Å²) in [6, 6.07) is 23.6. The van der Waals surface area contributed by atoms with E-state index >= 15 is 0 Å². The van der Waals surface area contributed by atoms with Gasteiger partial charge in [0.1, 0.15) is 12.4 Å². The fourth-order valence-electron chi connectivity index (χ4n) is 8.42. The van der Waals surface area contributed by atoms with Gasteiger partial charge in [0.05, 0.1) is 23.7 Å². The van der Waals surface area contributed by atoms with Crippen molar-refractivity contribution in [1.82, 2.24) is 19.8 Å². The summed E-state index contributed by atoms with van der Waals surface area (Å²) in [6.07, 6.45) is 7.11. The standard InChI is InChI=1S/C40H50N6O4S/c1-30-26-35(49-4)27-31(2)38(30)51(47,48)46-34(28-32-12-8-9-15-36(32)46)29-50-37-16-19-41-39(42-37)43(3)24-25-44-22-17-40(18-23-44,45-20-10-11-21-45)33-13-6-5-7-14-33/h5-9,12-16,19,26-27,34H,10-11,17-18,20-25,28-29H2,1-4H3/t34-/m0/s1. The molecule has 3 aromatic carbocycles. The van der Waals surface area contributed by atoms with Crippen LogP contribution in [0.3, 0.4) is 0 Å². The van der Waals surface area contributed by atoms with Crippen LogP contribution < -0.4 is 18.7 Å². The van der Waals surface area contributed by atoms with Crippen molar-refractivity contribution in [3.8, 4) is 11.6 Å². The summed E-state index contributed by atoms with van der Waals surface area (Å²) in [5.41, 5.74) is 4.54. The Labute approximate surface area is 303 Å². The van der Waals surface area contributed by atoms with Crippen molar-refractivity contribution in [2.45, 2.75) is 62.4 Å². The second-order valence-electron chi connectivity index (χ2n) is 14.2. The van der Waals surface area contributed by atoms with Gasteiger partial charge < -0.3 is 19.3 Å². The normalized spacial score (nSPS) is 19.2. The molecule has 0 spiro atoms. The average Bonchev–Trinajstić information content (AvgIpc) is 3.83. The largest absolute Gasteiger partial charge is 0.497 e. The predicted molar refractivity (Wildman–Crippen MR) is 201 cm³/mol. The Morgan fingerprint density at radius 2 is 1.61 bits per heavy atom. The monoisotopic (exact) mass is 710 g/mol. The van der Waals surface area contributed by atoms with Crippen LogP contribution in [0.1, 0.15) is 47.9 Å². The highest BCUT2D eigenvalue weighted by Crippen LogP contribution is 2.41. The Hall–Kier alpha value is -4.19. The summed E-state index contributed by atoms with van der Waals surface area (Å²) >= 11 is 0. The third-order valence-corrected chi connectivity index (χ3v) is 13.2. The lowest BCUT2D eigenvalue weighted by atomic mass is 9.79. The number of fused-ring (bicyclic) bond motifs is 1. The highest BCUT2D eigenvalue weighted by Gasteiger charge is 2.42. The number of aromatic nitrogens is 2. The molecule has 51 heavy (non-hydrogen) atoms. The van der Waals surface area contributed by atoms with Gasteiger partial charge in [-0.25, -0.2) is 13.4 Å². The van der Waals surface area contributed by atoms with E-state index in [9.17, 15) is 8.42 Å². The maximum atomic E-state index is 14.4. The molecule has 2 saturated heterocycles. The van der Waals surface area contributed by atoms with Gasteiger partial charge in [-0.2, -0.15) is 4.98 Å². The lowest BCUT2D eigenvalue weighted by Gasteiger charge is -2.48. The third kappa shape index (κ3) is 7.03. The van der Waals surface area contributed by atoms with Gasteiger partial charge in [-0.05, 0) is 99.5 Å². The Bertz CT molecular complexity index is 1900. The molecule has 3 aliphatic heterocycles. The number of sulfonamides is 1. The predicted octanol–water partition coefficient (Wildman–Crippen LogP) is 5.82. The van der Waals surface area contributed by atoms with Gasteiger partial charge in [0, 0.05) is 51.0 Å². The van der Waals surface area contributed by atoms with E-state index in [0.717, 1.165) is 44.6 Å². The van der Waals surface area contributed by atoms with Gasteiger partial charge in [0.25, 0.3) is 10.0 Å². The first-order valence-corrected chi connectivity index (χ1v) is 19.6. The number of anilines is 2. The average molecular weight is 711 g/mol. The van der Waals surface area contributed by atoms with Gasteiger partial charge in [-0.3, -0.25) is 9.21 Å². The molecular weight excluding hydrogens is 661 g/mol. The summed E-state index contributed by atoms with van der Waals surface area (Å²) in [5, 5.41) is 0. The fraction of sp³-hybridized carbons (Fsp3) is 0.450. The second kappa shape index (κ2) is 14.8. The SMILES string of the molecule is COc1cc(C)c(S(=O)(=O)N2c3ccccc3C[C@H]2COc2ccnc(N(C)CCN3CCC(c4ccccc4)(N4CCCC4)CC3)n2)c(C)c1. The Morgan fingerprint density at radius 1 is 0.922 bits per heavy atom. The quantitative estimate of drug-likeness (QED) is 0.180. The number of likely N-dealkylation sites (tertiary alicyclic amines) is 2. The van der Waals surface area contributed by atoms with Gasteiger partial charge in [0.2, 0.25) is 11.8 Å². The molecule has 1 atom stereocenters. The van der Waals surface area contributed by atoms with Crippen molar-refractivity contribution < 1.29 is 17.9 Å². The number of aryl methyl sites for hydroxylation is 2. The van der Waals surface area contributed by atoms with Gasteiger partial charge in [0.15, 0.2) is 0 Å². The lowest BCUT2D eigenvalue weighted by Crippen LogP contribution is -2.53. The van der Waals surface area contributed by atoms with Gasteiger partial charge >= 0.3 is 0 Å². The maximum absolute atomic E-state index is 14.4. The van der Waals surface area contributed by atoms with Crippen molar-refractivity contribution in [3.05, 3.63) is 101 Å². The number of likely N-dealkylation sites (N-methyl/N-ethyl adjacent to an activating group) is 1. The molecule has 0 amide bonds. The summed E-state index contributed by atoms with van der Waals surface area (Å²) in [7, 11) is -0.308. The maximum Gasteiger partial charge on any atom is 0.265 e. The molecular formula is C40H50N6O4S. The van der Waals surface area contributed by atoms with Crippen molar-refractivity contribution in [2.75, 3.05) is 69.2 Å². The zero-order valence-corrected chi connectivity index (χ0v) is 31.1. The molecule has 7 rings (SSSR count). The van der Waals surface area contributed by atoms with Crippen LogP contribution in [-0.4, -0.2) is 94.3 Å². The number of para-hydroxylation sites is 1. The topological polar surface area (TPSA) is 91.3 Å². The lowest BCUT2D eigenvalue weighted by molar-refractivity contribution is 0.0351. The summed E-state index contributed by atoms with van der Waals surface area (Å²) < 4.78 is 41.9. The van der Waals surface area contributed by atoms with E-state index in [1.54, 1.807) is 31.5 Å². The second-order valence-corrected chi connectivity index (χ2v) is 16.0. The van der Waals surface area contributed by atoms with Crippen LogP contribution in [-0.2, 0) is 22.0 Å². The molecule has 11 heteroatoms. The van der Waals surface area contributed by atoms with Crippen LogP contribution >= 0.6 is 0 Å². The molecule has 0 aliphatic carbocycles. The first kappa shape index (κ1) is 35.2. The molecule has 0 bridgehead atoms. The zero-order chi connectivity index (χ0) is 35.6. The number of hydrogen-bond donors (Lipinski definition) is 0. The first-order valence-electron chi connectivity index (χ1n) is 18.2. The summed E-state index contributed by atoms with van der Waals surface area (Å²) in [4.78, 5) is 17.0. The molecule has 4 aromatic rings. The van der Waals surface area contributed by atoms with Crippen molar-refractivity contribution in [2.24, 2.45) is 0 Å². The van der Waals surface area contributed by atoms with Crippen LogP contribution in [0, 0.1) is 13.8 Å². The molecule has 10 nitrogen and oxygen atoms in total. The minimum absolute atomic E-state index is 0.136. The number of nitrogens with zero attached hydrogens (tertiary/aromatic N) is 6. The van der Waals surface area contributed by atoms with E-state index in [2.05, 4.69) is 50.0 Å². The van der Waals surface area contributed by atoms with E-state index in [1.165, 1.54) is 35.8 Å². The van der Waals surface area contributed by atoms with E-state index in [-0.39, 0.29) is 12.1 Å². The zero-order valence-electron chi connectivity index (χ0n) is 30.3. The van der Waals surface area contributed by atoms with Crippen LogP contribution in [0.5, 0.6) is 11.6 Å². The molecule has 4 heterocycles. The molecule has 0 unspecified atom stereocenters. The highest BCUT2D eigenvalue weighted by atomic mass is 32.2.